The maximum Gasteiger partial charge on any atom is 0.295 e. The number of para-hydroxylation sites is 1. The van der Waals surface area contributed by atoms with Gasteiger partial charge in [-0.3, -0.25) is 14.9 Å². The van der Waals surface area contributed by atoms with Crippen LogP contribution in [0.25, 0.3) is 5.69 Å². The molecule has 0 spiro atoms. The number of hydrogen-bond acceptors (Lipinski definition) is 5. The average molecular weight is 337 g/mol. The number of nitrogens with zero attached hydrogens (tertiary/aromatic N) is 5. The summed E-state index contributed by atoms with van der Waals surface area (Å²) < 4.78 is 1.29. The fourth-order valence-corrected chi connectivity index (χ4v) is 2.54. The Kier molecular flexibility index (Phi) is 4.51. The Morgan fingerprint density at radius 1 is 1.24 bits per heavy atom. The van der Waals surface area contributed by atoms with E-state index >= 15 is 0 Å². The van der Waals surface area contributed by atoms with Gasteiger partial charge in [0.05, 0.1) is 4.92 Å². The molecule has 1 heterocycles. The van der Waals surface area contributed by atoms with E-state index in [1.165, 1.54) is 29.5 Å². The second-order valence-electron chi connectivity index (χ2n) is 5.19. The van der Waals surface area contributed by atoms with Crippen molar-refractivity contribution in [2.24, 2.45) is 0 Å². The number of nitro benzene ring substituents is 1. The molecule has 1 aromatic heterocycles. The van der Waals surface area contributed by atoms with Gasteiger partial charge in [-0.2, -0.15) is 5.10 Å². The van der Waals surface area contributed by atoms with Crippen LogP contribution in [-0.2, 0) is 0 Å². The number of rotatable bonds is 5. The molecular weight excluding hydrogens is 322 g/mol. The van der Waals surface area contributed by atoms with Gasteiger partial charge in [0, 0.05) is 23.9 Å². The summed E-state index contributed by atoms with van der Waals surface area (Å²) in [6.45, 7) is 2.30. The summed E-state index contributed by atoms with van der Waals surface area (Å²) in [7, 11) is 0. The average Bonchev–Trinajstić information content (AvgIpc) is 3.17. The van der Waals surface area contributed by atoms with E-state index < -0.39 is 4.92 Å². The van der Waals surface area contributed by atoms with Crippen LogP contribution < -0.4 is 4.90 Å². The van der Waals surface area contributed by atoms with Crippen LogP contribution in [0.3, 0.4) is 0 Å². The number of hydrogen-bond donors (Lipinski definition) is 0. The van der Waals surface area contributed by atoms with Gasteiger partial charge in [0.1, 0.15) is 18.3 Å². The molecule has 0 fully saturated rings. The van der Waals surface area contributed by atoms with Gasteiger partial charge in [-0.1, -0.05) is 18.2 Å². The van der Waals surface area contributed by atoms with Crippen molar-refractivity contribution in [1.29, 1.82) is 0 Å². The van der Waals surface area contributed by atoms with Crippen LogP contribution >= 0.6 is 0 Å². The van der Waals surface area contributed by atoms with Crippen LogP contribution in [0.1, 0.15) is 17.3 Å². The Morgan fingerprint density at radius 3 is 2.60 bits per heavy atom. The third kappa shape index (κ3) is 3.23. The molecule has 0 atom stereocenters. The molecule has 0 aliphatic carbocycles. The van der Waals surface area contributed by atoms with Gasteiger partial charge in [-0.25, -0.2) is 9.67 Å². The van der Waals surface area contributed by atoms with Gasteiger partial charge in [0.2, 0.25) is 0 Å². The zero-order valence-corrected chi connectivity index (χ0v) is 13.4. The highest BCUT2D eigenvalue weighted by Gasteiger charge is 2.22. The number of amides is 1. The van der Waals surface area contributed by atoms with Crippen molar-refractivity contribution in [3.63, 3.8) is 0 Å². The van der Waals surface area contributed by atoms with Crippen LogP contribution in [0.15, 0.2) is 61.2 Å². The molecule has 0 saturated carbocycles. The van der Waals surface area contributed by atoms with Crippen molar-refractivity contribution < 1.29 is 9.72 Å². The molecule has 0 aliphatic rings. The Balaban J connectivity index is 2.01. The van der Waals surface area contributed by atoms with Crippen LogP contribution in [-0.4, -0.2) is 32.1 Å². The Morgan fingerprint density at radius 2 is 2.00 bits per heavy atom. The smallest absolute Gasteiger partial charge is 0.295 e. The molecule has 0 unspecified atom stereocenters. The molecule has 0 radical (unpaired) electrons. The van der Waals surface area contributed by atoms with Crippen molar-refractivity contribution in [2.75, 3.05) is 11.4 Å². The van der Waals surface area contributed by atoms with E-state index in [2.05, 4.69) is 10.1 Å². The standard InChI is InChI=1S/C17H15N5O3/c1-2-20(14-6-4-3-5-7-14)17(23)13-8-9-15(16(10-13)22(24)25)21-12-18-11-19-21/h3-12H,2H2,1H3. The summed E-state index contributed by atoms with van der Waals surface area (Å²) in [5.74, 6) is -0.304. The van der Waals surface area contributed by atoms with Gasteiger partial charge >= 0.3 is 0 Å². The number of anilines is 1. The molecule has 2 aromatic carbocycles. The van der Waals surface area contributed by atoms with E-state index in [1.807, 2.05) is 37.3 Å². The fourth-order valence-electron chi connectivity index (χ4n) is 2.54. The van der Waals surface area contributed by atoms with Crippen LogP contribution in [0.4, 0.5) is 11.4 Å². The molecular formula is C17H15N5O3. The number of carbonyl (C=O) groups excluding carboxylic acids is 1. The van der Waals surface area contributed by atoms with Crippen molar-refractivity contribution in [2.45, 2.75) is 6.92 Å². The zero-order valence-electron chi connectivity index (χ0n) is 13.4. The van der Waals surface area contributed by atoms with Gasteiger partial charge < -0.3 is 4.90 Å². The van der Waals surface area contributed by atoms with Gasteiger partial charge in [-0.15, -0.1) is 0 Å². The second kappa shape index (κ2) is 6.91. The van der Waals surface area contributed by atoms with Crippen LogP contribution in [0, 0.1) is 10.1 Å². The first-order valence-electron chi connectivity index (χ1n) is 7.62. The minimum Gasteiger partial charge on any atom is -0.309 e. The summed E-state index contributed by atoms with van der Waals surface area (Å²) in [6.07, 6.45) is 2.66. The van der Waals surface area contributed by atoms with E-state index in [0.29, 0.717) is 6.54 Å². The molecule has 8 nitrogen and oxygen atoms in total. The summed E-state index contributed by atoms with van der Waals surface area (Å²) in [6, 6.07) is 13.5. The molecule has 0 saturated heterocycles. The Labute approximate surface area is 143 Å². The summed E-state index contributed by atoms with van der Waals surface area (Å²) in [5, 5.41) is 15.3. The number of carbonyl (C=O) groups is 1. The maximum absolute atomic E-state index is 12.8. The monoisotopic (exact) mass is 337 g/mol. The minimum absolute atomic E-state index is 0.208. The highest BCUT2D eigenvalue weighted by atomic mass is 16.6. The predicted molar refractivity (Wildman–Crippen MR) is 91.8 cm³/mol. The highest BCUT2D eigenvalue weighted by Crippen LogP contribution is 2.25. The first-order chi connectivity index (χ1) is 12.1. The van der Waals surface area contributed by atoms with E-state index in [4.69, 9.17) is 0 Å². The van der Waals surface area contributed by atoms with Crippen LogP contribution in [0.5, 0.6) is 0 Å². The molecule has 0 N–H and O–H groups in total. The normalized spacial score (nSPS) is 10.4. The van der Waals surface area contributed by atoms with Crippen molar-refractivity contribution in [3.05, 3.63) is 76.9 Å². The fraction of sp³-hybridized carbons (Fsp3) is 0.118. The molecule has 3 rings (SSSR count). The van der Waals surface area contributed by atoms with E-state index in [9.17, 15) is 14.9 Å². The summed E-state index contributed by atoms with van der Waals surface area (Å²) in [5.41, 5.74) is 1.02. The first kappa shape index (κ1) is 16.3. The van der Waals surface area contributed by atoms with Crippen LogP contribution in [0.2, 0.25) is 0 Å². The lowest BCUT2D eigenvalue weighted by atomic mass is 10.1. The van der Waals surface area contributed by atoms with Crippen molar-refractivity contribution in [3.8, 4) is 5.69 Å². The molecule has 1 amide bonds. The minimum atomic E-state index is -0.535. The van der Waals surface area contributed by atoms with Crippen molar-refractivity contribution >= 4 is 17.3 Å². The number of benzene rings is 2. The summed E-state index contributed by atoms with van der Waals surface area (Å²) >= 11 is 0. The van der Waals surface area contributed by atoms with E-state index in [1.54, 1.807) is 11.0 Å². The molecule has 126 valence electrons. The largest absolute Gasteiger partial charge is 0.309 e. The summed E-state index contributed by atoms with van der Waals surface area (Å²) in [4.78, 5) is 29.1. The topological polar surface area (TPSA) is 94.2 Å². The molecule has 8 heteroatoms. The molecule has 0 bridgehead atoms. The third-order valence-corrected chi connectivity index (χ3v) is 3.71. The van der Waals surface area contributed by atoms with Crippen molar-refractivity contribution in [1.82, 2.24) is 14.8 Å². The predicted octanol–water partition coefficient (Wildman–Crippen LogP) is 2.84. The van der Waals surface area contributed by atoms with E-state index in [0.717, 1.165) is 5.69 Å². The van der Waals surface area contributed by atoms with Gasteiger partial charge in [-0.05, 0) is 31.2 Å². The second-order valence-corrected chi connectivity index (χ2v) is 5.19. The zero-order chi connectivity index (χ0) is 17.8. The molecule has 0 aliphatic heterocycles. The highest BCUT2D eigenvalue weighted by molar-refractivity contribution is 6.06. The van der Waals surface area contributed by atoms with Gasteiger partial charge in [0.15, 0.2) is 0 Å². The van der Waals surface area contributed by atoms with Gasteiger partial charge in [0.25, 0.3) is 11.6 Å². The first-order valence-corrected chi connectivity index (χ1v) is 7.62. The lowest BCUT2D eigenvalue weighted by molar-refractivity contribution is -0.384. The SMILES string of the molecule is CCN(C(=O)c1ccc(-n2cncn2)c([N+](=O)[O-])c1)c1ccccc1. The Hall–Kier alpha value is -3.55. The number of nitro groups is 1. The van der Waals surface area contributed by atoms with E-state index in [-0.39, 0.29) is 22.8 Å². The Bertz CT molecular complexity index is 894. The number of aromatic nitrogens is 3. The lowest BCUT2D eigenvalue weighted by Gasteiger charge is -2.21. The molecule has 25 heavy (non-hydrogen) atoms. The third-order valence-electron chi connectivity index (χ3n) is 3.71. The quantitative estimate of drug-likeness (QED) is 0.527. The lowest BCUT2D eigenvalue weighted by Crippen LogP contribution is -2.30. The maximum atomic E-state index is 12.8. The molecule has 3 aromatic rings.